The maximum absolute atomic E-state index is 8.09. The third-order valence-electron chi connectivity index (χ3n) is 0.471. The van der Waals surface area contributed by atoms with Gasteiger partial charge in [-0.2, -0.15) is 0 Å². The molecule has 0 aromatic rings. The van der Waals surface area contributed by atoms with Gasteiger partial charge in [0.15, 0.2) is 0 Å². The summed E-state index contributed by atoms with van der Waals surface area (Å²) in [5.41, 5.74) is 0. The van der Waals surface area contributed by atoms with Gasteiger partial charge in [-0.05, 0) is 0 Å². The molecule has 0 aromatic carbocycles. The molecule has 0 amide bonds. The lowest BCUT2D eigenvalue weighted by molar-refractivity contribution is 0.0650. The summed E-state index contributed by atoms with van der Waals surface area (Å²) >= 11 is 0. The SMILES string of the molecule is OCCOCCO.[OH]. The van der Waals surface area contributed by atoms with Crippen molar-refractivity contribution in [3.8, 4) is 0 Å². The van der Waals surface area contributed by atoms with Crippen molar-refractivity contribution in [1.29, 1.82) is 0 Å². The lowest BCUT2D eigenvalue weighted by Crippen LogP contribution is -2.03. The van der Waals surface area contributed by atoms with Crippen LogP contribution in [0.5, 0.6) is 0 Å². The molecule has 0 spiro atoms. The van der Waals surface area contributed by atoms with E-state index >= 15 is 0 Å². The zero-order valence-corrected chi connectivity index (χ0v) is 4.58. The third kappa shape index (κ3) is 9.28. The molecular weight excluding hydrogens is 112 g/mol. The van der Waals surface area contributed by atoms with Gasteiger partial charge in [-0.15, -0.1) is 0 Å². The van der Waals surface area contributed by atoms with Gasteiger partial charge in [-0.25, -0.2) is 0 Å². The van der Waals surface area contributed by atoms with Crippen LogP contribution >= 0.6 is 0 Å². The van der Waals surface area contributed by atoms with Crippen molar-refractivity contribution in [2.24, 2.45) is 0 Å². The van der Waals surface area contributed by atoms with E-state index in [-0.39, 0.29) is 18.7 Å². The lowest BCUT2D eigenvalue weighted by Gasteiger charge is -1.94. The molecule has 0 aliphatic heterocycles. The van der Waals surface area contributed by atoms with Gasteiger partial charge >= 0.3 is 0 Å². The third-order valence-corrected chi connectivity index (χ3v) is 0.471. The summed E-state index contributed by atoms with van der Waals surface area (Å²) in [4.78, 5) is 0. The summed E-state index contributed by atoms with van der Waals surface area (Å²) < 4.78 is 4.63. The normalized spacial score (nSPS) is 8.25. The Hall–Kier alpha value is -0.160. The summed E-state index contributed by atoms with van der Waals surface area (Å²) in [5, 5.41) is 16.2. The Morgan fingerprint density at radius 3 is 1.62 bits per heavy atom. The van der Waals surface area contributed by atoms with E-state index in [0.717, 1.165) is 0 Å². The van der Waals surface area contributed by atoms with E-state index in [1.54, 1.807) is 0 Å². The molecule has 0 fully saturated rings. The molecule has 0 heterocycles. The van der Waals surface area contributed by atoms with Crippen LogP contribution in [0.4, 0.5) is 0 Å². The molecule has 0 saturated carbocycles. The van der Waals surface area contributed by atoms with Crippen LogP contribution in [0.2, 0.25) is 0 Å². The molecule has 0 atom stereocenters. The average molecular weight is 123 g/mol. The van der Waals surface area contributed by atoms with Crippen LogP contribution in [0, 0.1) is 0 Å². The van der Waals surface area contributed by atoms with E-state index in [2.05, 4.69) is 4.74 Å². The van der Waals surface area contributed by atoms with Gasteiger partial charge < -0.3 is 14.9 Å². The molecule has 1 radical (unpaired) electrons. The number of aliphatic hydroxyl groups excluding tert-OH is 2. The van der Waals surface area contributed by atoms with Crippen LogP contribution in [0.15, 0.2) is 0 Å². The van der Waals surface area contributed by atoms with Crippen molar-refractivity contribution in [2.75, 3.05) is 26.4 Å². The predicted octanol–water partition coefficient (Wildman–Crippen LogP) is -1.19. The van der Waals surface area contributed by atoms with E-state index in [1.807, 2.05) is 0 Å². The fourth-order valence-corrected chi connectivity index (χ4v) is 0.231. The van der Waals surface area contributed by atoms with Crippen LogP contribution in [0.3, 0.4) is 0 Å². The first kappa shape index (κ1) is 10.8. The Balaban J connectivity index is 0. The molecule has 4 heteroatoms. The minimum absolute atomic E-state index is 0. The zero-order chi connectivity index (χ0) is 5.54. The van der Waals surface area contributed by atoms with E-state index in [0.29, 0.717) is 13.2 Å². The van der Waals surface area contributed by atoms with Crippen molar-refractivity contribution in [3.05, 3.63) is 0 Å². The molecule has 0 rings (SSSR count). The highest BCUT2D eigenvalue weighted by Crippen LogP contribution is 1.68. The highest BCUT2D eigenvalue weighted by molar-refractivity contribution is 4.24. The number of rotatable bonds is 4. The Morgan fingerprint density at radius 1 is 1.00 bits per heavy atom. The van der Waals surface area contributed by atoms with E-state index < -0.39 is 0 Å². The lowest BCUT2D eigenvalue weighted by atomic mass is 10.7. The second-order valence-corrected chi connectivity index (χ2v) is 1.06. The number of aliphatic hydroxyl groups is 2. The molecule has 8 heavy (non-hydrogen) atoms. The monoisotopic (exact) mass is 123 g/mol. The number of ether oxygens (including phenoxy) is 1. The summed E-state index contributed by atoms with van der Waals surface area (Å²) in [6, 6.07) is 0. The number of hydrogen-bond acceptors (Lipinski definition) is 3. The highest BCUT2D eigenvalue weighted by Gasteiger charge is 1.79. The summed E-state index contributed by atoms with van der Waals surface area (Å²) in [6.07, 6.45) is 0. The largest absolute Gasteiger partial charge is 0.394 e. The summed E-state index contributed by atoms with van der Waals surface area (Å²) in [7, 11) is 0. The van der Waals surface area contributed by atoms with E-state index in [1.165, 1.54) is 0 Å². The van der Waals surface area contributed by atoms with Crippen LogP contribution in [-0.4, -0.2) is 42.1 Å². The molecule has 51 valence electrons. The summed E-state index contributed by atoms with van der Waals surface area (Å²) in [5.74, 6) is 0. The standard InChI is InChI=1S/C4H10O3.HO/c5-1-3-7-4-2-6;/h5-6H,1-4H2;1H. The zero-order valence-electron chi connectivity index (χ0n) is 4.58. The first-order valence-corrected chi connectivity index (χ1v) is 2.21. The number of hydrogen-bond donors (Lipinski definition) is 3. The maximum Gasteiger partial charge on any atom is 0.0698 e. The smallest absolute Gasteiger partial charge is 0.0698 e. The van der Waals surface area contributed by atoms with Gasteiger partial charge in [0.25, 0.3) is 0 Å². The van der Waals surface area contributed by atoms with E-state index in [9.17, 15) is 0 Å². The Kier molecular flexibility index (Phi) is 13.4. The molecule has 0 saturated heterocycles. The van der Waals surface area contributed by atoms with Crippen molar-refractivity contribution >= 4 is 0 Å². The molecule has 4 nitrogen and oxygen atoms in total. The second kappa shape index (κ2) is 9.96. The Labute approximate surface area is 48.0 Å². The Morgan fingerprint density at radius 2 is 1.38 bits per heavy atom. The van der Waals surface area contributed by atoms with Gasteiger partial charge in [-0.3, -0.25) is 5.48 Å². The average Bonchev–Trinajstić information content (AvgIpc) is 1.69. The van der Waals surface area contributed by atoms with Crippen molar-refractivity contribution in [3.63, 3.8) is 0 Å². The Bertz CT molecular complexity index is 27.2. The topological polar surface area (TPSA) is 79.7 Å². The fraction of sp³-hybridized carbons (Fsp3) is 1.00. The molecular formula is C4H11O4. The maximum atomic E-state index is 8.09. The van der Waals surface area contributed by atoms with Crippen LogP contribution < -0.4 is 0 Å². The van der Waals surface area contributed by atoms with Crippen molar-refractivity contribution in [2.45, 2.75) is 0 Å². The first-order chi connectivity index (χ1) is 3.41. The van der Waals surface area contributed by atoms with Gasteiger partial charge in [0, 0.05) is 0 Å². The van der Waals surface area contributed by atoms with Crippen LogP contribution in [0.1, 0.15) is 0 Å². The molecule has 0 bridgehead atoms. The quantitative estimate of drug-likeness (QED) is 0.411. The van der Waals surface area contributed by atoms with Crippen LogP contribution in [0.25, 0.3) is 0 Å². The fourth-order valence-electron chi connectivity index (χ4n) is 0.231. The van der Waals surface area contributed by atoms with Gasteiger partial charge in [0.2, 0.25) is 0 Å². The van der Waals surface area contributed by atoms with Gasteiger partial charge in [0.05, 0.1) is 26.4 Å². The molecule has 0 unspecified atom stereocenters. The molecule has 0 aliphatic rings. The minimum Gasteiger partial charge on any atom is -0.394 e. The molecule has 0 aliphatic carbocycles. The van der Waals surface area contributed by atoms with E-state index in [4.69, 9.17) is 10.2 Å². The first-order valence-electron chi connectivity index (χ1n) is 2.21. The predicted molar refractivity (Wildman–Crippen MR) is 26.9 cm³/mol. The van der Waals surface area contributed by atoms with Gasteiger partial charge in [-0.1, -0.05) is 0 Å². The second-order valence-electron chi connectivity index (χ2n) is 1.06. The van der Waals surface area contributed by atoms with Gasteiger partial charge in [0.1, 0.15) is 0 Å². The minimum atomic E-state index is 0. The van der Waals surface area contributed by atoms with Crippen molar-refractivity contribution in [1.82, 2.24) is 0 Å². The summed E-state index contributed by atoms with van der Waals surface area (Å²) in [6.45, 7) is 0.696. The molecule has 0 aromatic heterocycles. The van der Waals surface area contributed by atoms with Crippen molar-refractivity contribution < 1.29 is 20.4 Å². The highest BCUT2D eigenvalue weighted by atomic mass is 16.5. The van der Waals surface area contributed by atoms with Crippen LogP contribution in [-0.2, 0) is 4.74 Å². The molecule has 3 N–H and O–H groups in total.